The molecule has 0 spiro atoms. The SMILES string of the molecule is O=C1CCC(N2C(=O)c3cc(F)c(N4C5CC4CN(CC4CCN(c6ccc([C@@H]7c8ccc(O)cc8CC[C@@H]7c7ccccc7)cc6)CC4)C5)cc3C2=O)C(=O)N1. The van der Waals surface area contributed by atoms with Crippen molar-refractivity contribution in [2.24, 2.45) is 5.92 Å². The summed E-state index contributed by atoms with van der Waals surface area (Å²) in [5.41, 5.74) is 6.88. The summed E-state index contributed by atoms with van der Waals surface area (Å²) in [5, 5.41) is 12.4. The van der Waals surface area contributed by atoms with Gasteiger partial charge in [-0.1, -0.05) is 48.5 Å². The first-order valence-electron chi connectivity index (χ1n) is 20.5. The molecule has 3 unspecified atom stereocenters. The van der Waals surface area contributed by atoms with E-state index in [9.17, 15) is 24.3 Å². The number of carbonyl (C=O) groups excluding carboxylic acids is 4. The predicted octanol–water partition coefficient (Wildman–Crippen LogP) is 5.97. The maximum absolute atomic E-state index is 15.7. The fourth-order valence-electron chi connectivity index (χ4n) is 10.8. The Bertz CT molecular complexity index is 2260. The van der Waals surface area contributed by atoms with Crippen LogP contribution in [-0.2, 0) is 16.0 Å². The Hall–Kier alpha value is -5.55. The van der Waals surface area contributed by atoms with Crippen LogP contribution in [0.15, 0.2) is 84.9 Å². The molecule has 11 rings (SSSR count). The maximum atomic E-state index is 15.7. The number of fused-ring (bicyclic) bond motifs is 4. The second-order valence-corrected chi connectivity index (χ2v) is 16.9. The molecule has 0 radical (unpaired) electrons. The van der Waals surface area contributed by atoms with Gasteiger partial charge in [0, 0.05) is 62.8 Å². The van der Waals surface area contributed by atoms with Crippen LogP contribution < -0.4 is 15.1 Å². The number of rotatable bonds is 7. The first-order valence-corrected chi connectivity index (χ1v) is 20.5. The maximum Gasteiger partial charge on any atom is 0.262 e. The summed E-state index contributed by atoms with van der Waals surface area (Å²) in [6, 6.07) is 27.7. The average molecular weight is 768 g/mol. The minimum absolute atomic E-state index is 0.0327. The molecule has 292 valence electrons. The van der Waals surface area contributed by atoms with Crippen LogP contribution in [0.5, 0.6) is 5.75 Å². The van der Waals surface area contributed by atoms with Gasteiger partial charge >= 0.3 is 0 Å². The molecular weight excluding hydrogens is 722 g/mol. The number of hydrogen-bond acceptors (Lipinski definition) is 8. The van der Waals surface area contributed by atoms with Crippen molar-refractivity contribution in [3.8, 4) is 5.75 Å². The number of anilines is 2. The third-order valence-electron chi connectivity index (χ3n) is 13.6. The molecule has 7 aliphatic rings. The first kappa shape index (κ1) is 35.8. The molecule has 6 aliphatic heterocycles. The van der Waals surface area contributed by atoms with Gasteiger partial charge in [-0.2, -0.15) is 0 Å². The van der Waals surface area contributed by atoms with Crippen LogP contribution in [0, 0.1) is 11.7 Å². The van der Waals surface area contributed by atoms with Gasteiger partial charge in [0.1, 0.15) is 17.6 Å². The van der Waals surface area contributed by atoms with Gasteiger partial charge in [-0.25, -0.2) is 4.39 Å². The molecule has 10 nitrogen and oxygen atoms in total. The van der Waals surface area contributed by atoms with Crippen LogP contribution in [0.3, 0.4) is 0 Å². The van der Waals surface area contributed by atoms with E-state index in [-0.39, 0.29) is 42.0 Å². The molecule has 0 saturated carbocycles. The number of nitrogens with one attached hydrogen (secondary N) is 1. The van der Waals surface area contributed by atoms with E-state index in [1.165, 1.54) is 34.0 Å². The monoisotopic (exact) mass is 767 g/mol. The van der Waals surface area contributed by atoms with Crippen LogP contribution in [0.25, 0.3) is 0 Å². The number of halogens is 1. The molecular formula is C46H46FN5O5. The number of piperidine rings is 3. The Morgan fingerprint density at radius 1 is 0.754 bits per heavy atom. The number of phenolic OH excluding ortho intramolecular Hbond substituents is 1. The average Bonchev–Trinajstić information content (AvgIpc) is 3.45. The van der Waals surface area contributed by atoms with Crippen LogP contribution in [0.4, 0.5) is 15.8 Å². The minimum atomic E-state index is -1.08. The molecule has 2 bridgehead atoms. The lowest BCUT2D eigenvalue weighted by Crippen LogP contribution is -2.69. The minimum Gasteiger partial charge on any atom is -0.508 e. The summed E-state index contributed by atoms with van der Waals surface area (Å²) in [4.78, 5) is 58.8. The van der Waals surface area contributed by atoms with E-state index in [0.717, 1.165) is 75.8 Å². The van der Waals surface area contributed by atoms with Crippen molar-refractivity contribution < 1.29 is 28.7 Å². The standard InChI is InChI=1S/C46H46FN5O5/c47-39-22-37-38(46(57)52(45(37)56)40-14-15-42(54)48-44(40)55)23-41(39)51-32-21-33(51)26-49(25-32)24-27-16-18-50(19-17-27)31-9-6-29(7-10-31)43-35(28-4-2-1-3-5-28)12-8-30-20-34(53)11-13-36(30)43/h1-7,9-11,13,20,22-23,27,32-33,35,40,43,53H,8,12,14-19,21,24-26H2,(H,48,54,55)/t32?,33?,35-,40?,43+/m1/s1. The Labute approximate surface area is 331 Å². The summed E-state index contributed by atoms with van der Waals surface area (Å²) < 4.78 is 15.7. The highest BCUT2D eigenvalue weighted by atomic mass is 19.1. The van der Waals surface area contributed by atoms with Crippen molar-refractivity contribution in [2.75, 3.05) is 42.5 Å². The molecule has 0 aromatic heterocycles. The highest BCUT2D eigenvalue weighted by Gasteiger charge is 2.49. The number of nitrogens with zero attached hydrogens (tertiary/aromatic N) is 4. The Kier molecular flexibility index (Phi) is 8.88. The molecule has 11 heteroatoms. The summed E-state index contributed by atoms with van der Waals surface area (Å²) in [6.07, 6.45) is 5.25. The van der Waals surface area contributed by atoms with Gasteiger partial charge < -0.3 is 14.9 Å². The van der Waals surface area contributed by atoms with Crippen molar-refractivity contribution in [3.05, 3.63) is 124 Å². The quantitative estimate of drug-likeness (QED) is 0.221. The third kappa shape index (κ3) is 6.27. The van der Waals surface area contributed by atoms with E-state index >= 15 is 4.39 Å². The van der Waals surface area contributed by atoms with Gasteiger partial charge in [0.25, 0.3) is 11.8 Å². The second-order valence-electron chi connectivity index (χ2n) is 16.9. The van der Waals surface area contributed by atoms with Gasteiger partial charge in [0.05, 0.1) is 16.8 Å². The number of aromatic hydroxyl groups is 1. The number of aryl methyl sites for hydroxylation is 1. The molecule has 4 amide bonds. The number of carbonyl (C=O) groups is 4. The second kappa shape index (κ2) is 14.1. The Morgan fingerprint density at radius 2 is 1.47 bits per heavy atom. The molecule has 2 N–H and O–H groups in total. The fraction of sp³-hybridized carbons (Fsp3) is 0.391. The molecule has 57 heavy (non-hydrogen) atoms. The molecule has 4 aromatic carbocycles. The largest absolute Gasteiger partial charge is 0.508 e. The molecule has 6 heterocycles. The van der Waals surface area contributed by atoms with Crippen molar-refractivity contribution in [1.29, 1.82) is 0 Å². The Morgan fingerprint density at radius 3 is 2.19 bits per heavy atom. The van der Waals surface area contributed by atoms with Crippen LogP contribution in [0.2, 0.25) is 0 Å². The van der Waals surface area contributed by atoms with E-state index in [0.29, 0.717) is 23.3 Å². The normalized spacial score (nSPS) is 26.3. The van der Waals surface area contributed by atoms with E-state index < -0.39 is 35.5 Å². The lowest BCUT2D eigenvalue weighted by atomic mass is 9.69. The summed E-state index contributed by atoms with van der Waals surface area (Å²) in [6.45, 7) is 4.64. The zero-order valence-corrected chi connectivity index (χ0v) is 31.8. The molecule has 4 aromatic rings. The van der Waals surface area contributed by atoms with Gasteiger partial charge in [-0.15, -0.1) is 0 Å². The Balaban J connectivity index is 0.763. The van der Waals surface area contributed by atoms with Crippen molar-refractivity contribution >= 4 is 35.0 Å². The van der Waals surface area contributed by atoms with Gasteiger partial charge in [-0.3, -0.25) is 34.3 Å². The third-order valence-corrected chi connectivity index (χ3v) is 13.6. The van der Waals surface area contributed by atoms with Crippen molar-refractivity contribution in [1.82, 2.24) is 15.1 Å². The smallest absolute Gasteiger partial charge is 0.262 e. The highest BCUT2D eigenvalue weighted by molar-refractivity contribution is 6.23. The fourth-order valence-corrected chi connectivity index (χ4v) is 10.8. The van der Waals surface area contributed by atoms with Gasteiger partial charge in [0.15, 0.2) is 0 Å². The van der Waals surface area contributed by atoms with Crippen LogP contribution in [0.1, 0.15) is 93.3 Å². The molecule has 1 aliphatic carbocycles. The number of hydrogen-bond donors (Lipinski definition) is 2. The molecule has 5 saturated heterocycles. The number of benzene rings is 4. The van der Waals surface area contributed by atoms with Crippen molar-refractivity contribution in [2.45, 2.75) is 74.9 Å². The number of imide groups is 2. The van der Waals surface area contributed by atoms with E-state index in [2.05, 4.69) is 80.7 Å². The van der Waals surface area contributed by atoms with E-state index in [1.54, 1.807) is 0 Å². The summed E-state index contributed by atoms with van der Waals surface area (Å²) in [7, 11) is 0. The first-order chi connectivity index (χ1) is 27.7. The highest BCUT2D eigenvalue weighted by Crippen LogP contribution is 2.47. The zero-order valence-electron chi connectivity index (χ0n) is 31.8. The lowest BCUT2D eigenvalue weighted by Gasteiger charge is -2.58. The number of amides is 4. The number of piperazine rings is 1. The molecule has 5 fully saturated rings. The van der Waals surface area contributed by atoms with Gasteiger partial charge in [0.2, 0.25) is 11.8 Å². The number of phenols is 1. The lowest BCUT2D eigenvalue weighted by molar-refractivity contribution is -0.136. The van der Waals surface area contributed by atoms with Crippen molar-refractivity contribution in [3.63, 3.8) is 0 Å². The van der Waals surface area contributed by atoms with Crippen LogP contribution >= 0.6 is 0 Å². The zero-order chi connectivity index (χ0) is 38.9. The van der Waals surface area contributed by atoms with E-state index in [1.807, 2.05) is 12.1 Å². The topological polar surface area (TPSA) is 114 Å². The van der Waals surface area contributed by atoms with Crippen LogP contribution in [-0.4, -0.2) is 89.4 Å². The molecule has 5 atom stereocenters. The van der Waals surface area contributed by atoms with Gasteiger partial charge in [-0.05, 0) is 109 Å². The summed E-state index contributed by atoms with van der Waals surface area (Å²) >= 11 is 0. The van der Waals surface area contributed by atoms with E-state index in [4.69, 9.17) is 0 Å². The predicted molar refractivity (Wildman–Crippen MR) is 213 cm³/mol. The summed E-state index contributed by atoms with van der Waals surface area (Å²) in [5.74, 6) is -1.46.